The molecule has 0 radical (unpaired) electrons. The van der Waals surface area contributed by atoms with Gasteiger partial charge in [-0.05, 0) is 19.4 Å². The van der Waals surface area contributed by atoms with Gasteiger partial charge in [-0.3, -0.25) is 0 Å². The second-order valence-corrected chi connectivity index (χ2v) is 3.67. The summed E-state index contributed by atoms with van der Waals surface area (Å²) in [4.78, 5) is 17.1. The Kier molecular flexibility index (Phi) is 3.59. The van der Waals surface area contributed by atoms with Gasteiger partial charge in [-0.25, -0.2) is 19.9 Å². The number of rotatable bonds is 4. The highest BCUT2D eigenvalue weighted by Crippen LogP contribution is 2.20. The van der Waals surface area contributed by atoms with Crippen LogP contribution >= 0.6 is 0 Å². The molecule has 0 saturated heterocycles. The van der Waals surface area contributed by atoms with E-state index in [1.165, 1.54) is 0 Å². The molecule has 2 rings (SSSR count). The zero-order valence-electron chi connectivity index (χ0n) is 10.0. The molecule has 17 heavy (non-hydrogen) atoms. The molecule has 0 atom stereocenters. The van der Waals surface area contributed by atoms with Crippen molar-refractivity contribution in [3.63, 3.8) is 0 Å². The van der Waals surface area contributed by atoms with Crippen molar-refractivity contribution in [2.45, 2.75) is 20.3 Å². The van der Waals surface area contributed by atoms with Crippen LogP contribution in [-0.4, -0.2) is 26.5 Å². The summed E-state index contributed by atoms with van der Waals surface area (Å²) in [5, 5.41) is 3.25. The highest BCUT2D eigenvalue weighted by molar-refractivity contribution is 5.67. The van der Waals surface area contributed by atoms with E-state index in [-0.39, 0.29) is 0 Å². The molecule has 5 heteroatoms. The van der Waals surface area contributed by atoms with Crippen molar-refractivity contribution in [2.24, 2.45) is 0 Å². The van der Waals surface area contributed by atoms with Crippen LogP contribution in [-0.2, 0) is 0 Å². The van der Waals surface area contributed by atoms with E-state index in [4.69, 9.17) is 0 Å². The van der Waals surface area contributed by atoms with Gasteiger partial charge in [0.2, 0.25) is 0 Å². The molecule has 0 aliphatic rings. The first-order valence-corrected chi connectivity index (χ1v) is 5.66. The Morgan fingerprint density at radius 3 is 2.71 bits per heavy atom. The lowest BCUT2D eigenvalue weighted by atomic mass is 10.2. The molecule has 0 aliphatic carbocycles. The van der Waals surface area contributed by atoms with Crippen molar-refractivity contribution in [3.8, 4) is 11.4 Å². The Bertz CT molecular complexity index is 498. The standard InChI is InChI=1S/C12H15N5/c1-3-5-15-12-11(14-7-8-16-12)10-4-6-13-9(2)17-10/h4,6-8H,3,5H2,1-2H3,(H,15,16). The third kappa shape index (κ3) is 2.75. The van der Waals surface area contributed by atoms with Crippen LogP contribution in [0.15, 0.2) is 24.7 Å². The first kappa shape index (κ1) is 11.4. The van der Waals surface area contributed by atoms with Gasteiger partial charge < -0.3 is 5.32 Å². The average molecular weight is 229 g/mol. The predicted molar refractivity (Wildman–Crippen MR) is 66.6 cm³/mol. The van der Waals surface area contributed by atoms with E-state index >= 15 is 0 Å². The molecule has 0 unspecified atom stereocenters. The van der Waals surface area contributed by atoms with E-state index in [9.17, 15) is 0 Å². The van der Waals surface area contributed by atoms with E-state index in [0.717, 1.165) is 36.0 Å². The minimum atomic E-state index is 0.731. The number of aromatic nitrogens is 4. The van der Waals surface area contributed by atoms with Gasteiger partial charge in [-0.15, -0.1) is 0 Å². The summed E-state index contributed by atoms with van der Waals surface area (Å²) in [6.45, 7) is 4.84. The molecule has 0 fully saturated rings. The molecule has 88 valence electrons. The maximum Gasteiger partial charge on any atom is 0.154 e. The van der Waals surface area contributed by atoms with Crippen LogP contribution in [0.2, 0.25) is 0 Å². The van der Waals surface area contributed by atoms with E-state index in [1.807, 2.05) is 13.0 Å². The Balaban J connectivity index is 2.37. The van der Waals surface area contributed by atoms with Crippen molar-refractivity contribution in [2.75, 3.05) is 11.9 Å². The monoisotopic (exact) mass is 229 g/mol. The highest BCUT2D eigenvalue weighted by atomic mass is 15.0. The zero-order chi connectivity index (χ0) is 12.1. The van der Waals surface area contributed by atoms with E-state index in [2.05, 4.69) is 32.2 Å². The van der Waals surface area contributed by atoms with Gasteiger partial charge in [0.1, 0.15) is 11.5 Å². The molecule has 1 N–H and O–H groups in total. The fourth-order valence-electron chi connectivity index (χ4n) is 1.49. The molecule has 0 aliphatic heterocycles. The van der Waals surface area contributed by atoms with Crippen LogP contribution in [0.4, 0.5) is 5.82 Å². The smallest absolute Gasteiger partial charge is 0.154 e. The second kappa shape index (κ2) is 5.34. The maximum absolute atomic E-state index is 4.36. The van der Waals surface area contributed by atoms with Gasteiger partial charge in [-0.2, -0.15) is 0 Å². The zero-order valence-corrected chi connectivity index (χ0v) is 10.0. The summed E-state index contributed by atoms with van der Waals surface area (Å²) in [5.74, 6) is 1.50. The van der Waals surface area contributed by atoms with Crippen molar-refractivity contribution in [1.29, 1.82) is 0 Å². The molecule has 0 spiro atoms. The van der Waals surface area contributed by atoms with Gasteiger partial charge >= 0.3 is 0 Å². The lowest BCUT2D eigenvalue weighted by Crippen LogP contribution is -2.05. The Morgan fingerprint density at radius 1 is 1.12 bits per heavy atom. The second-order valence-electron chi connectivity index (χ2n) is 3.67. The quantitative estimate of drug-likeness (QED) is 0.869. The van der Waals surface area contributed by atoms with Gasteiger partial charge in [0.15, 0.2) is 5.82 Å². The maximum atomic E-state index is 4.36. The summed E-state index contributed by atoms with van der Waals surface area (Å²) in [6.07, 6.45) is 6.12. The van der Waals surface area contributed by atoms with Crippen LogP contribution in [0.1, 0.15) is 19.2 Å². The van der Waals surface area contributed by atoms with Crippen LogP contribution in [0.5, 0.6) is 0 Å². The molecule has 2 aromatic heterocycles. The van der Waals surface area contributed by atoms with E-state index in [0.29, 0.717) is 0 Å². The Labute approximate surface area is 100 Å². The predicted octanol–water partition coefficient (Wildman–Crippen LogP) is 2.06. The van der Waals surface area contributed by atoms with Gasteiger partial charge in [-0.1, -0.05) is 6.92 Å². The lowest BCUT2D eigenvalue weighted by Gasteiger charge is -2.08. The molecule has 2 aromatic rings. The number of hydrogen-bond acceptors (Lipinski definition) is 5. The summed E-state index contributed by atoms with van der Waals surface area (Å²) in [7, 11) is 0. The topological polar surface area (TPSA) is 63.6 Å². The normalized spacial score (nSPS) is 10.2. The highest BCUT2D eigenvalue weighted by Gasteiger charge is 2.08. The number of nitrogens with zero attached hydrogens (tertiary/aromatic N) is 4. The summed E-state index contributed by atoms with van der Waals surface area (Å²) >= 11 is 0. The van der Waals surface area contributed by atoms with Crippen molar-refractivity contribution < 1.29 is 0 Å². The molecular weight excluding hydrogens is 214 g/mol. The molecule has 5 nitrogen and oxygen atoms in total. The first-order chi connectivity index (χ1) is 8.31. The molecule has 0 saturated carbocycles. The van der Waals surface area contributed by atoms with Crippen molar-refractivity contribution >= 4 is 5.82 Å². The molecule has 0 aromatic carbocycles. The van der Waals surface area contributed by atoms with Crippen LogP contribution in [0, 0.1) is 6.92 Å². The SMILES string of the molecule is CCCNc1nccnc1-c1ccnc(C)n1. The first-order valence-electron chi connectivity index (χ1n) is 5.66. The largest absolute Gasteiger partial charge is 0.368 e. The minimum Gasteiger partial charge on any atom is -0.368 e. The fraction of sp³-hybridized carbons (Fsp3) is 0.333. The van der Waals surface area contributed by atoms with Gasteiger partial charge in [0.25, 0.3) is 0 Å². The third-order valence-corrected chi connectivity index (χ3v) is 2.26. The fourth-order valence-corrected chi connectivity index (χ4v) is 1.49. The van der Waals surface area contributed by atoms with Crippen molar-refractivity contribution in [1.82, 2.24) is 19.9 Å². The third-order valence-electron chi connectivity index (χ3n) is 2.26. The number of hydrogen-bond donors (Lipinski definition) is 1. The Morgan fingerprint density at radius 2 is 1.94 bits per heavy atom. The number of aryl methyl sites for hydroxylation is 1. The Hall–Kier alpha value is -2.04. The van der Waals surface area contributed by atoms with Crippen LogP contribution in [0.3, 0.4) is 0 Å². The van der Waals surface area contributed by atoms with Crippen molar-refractivity contribution in [3.05, 3.63) is 30.5 Å². The van der Waals surface area contributed by atoms with Crippen LogP contribution < -0.4 is 5.32 Å². The van der Waals surface area contributed by atoms with Gasteiger partial charge in [0, 0.05) is 25.1 Å². The number of nitrogens with one attached hydrogen (secondary N) is 1. The molecular formula is C12H15N5. The van der Waals surface area contributed by atoms with Gasteiger partial charge in [0.05, 0.1) is 5.69 Å². The molecule has 0 amide bonds. The summed E-state index contributed by atoms with van der Waals surface area (Å²) in [5.41, 5.74) is 1.57. The van der Waals surface area contributed by atoms with E-state index < -0.39 is 0 Å². The van der Waals surface area contributed by atoms with E-state index in [1.54, 1.807) is 18.6 Å². The summed E-state index contributed by atoms with van der Waals surface area (Å²) < 4.78 is 0. The van der Waals surface area contributed by atoms with Crippen LogP contribution in [0.25, 0.3) is 11.4 Å². The molecule has 0 bridgehead atoms. The lowest BCUT2D eigenvalue weighted by molar-refractivity contribution is 0.963. The summed E-state index contributed by atoms with van der Waals surface area (Å²) in [6, 6.07) is 1.84. The molecule has 2 heterocycles. The minimum absolute atomic E-state index is 0.731. The average Bonchev–Trinajstić information content (AvgIpc) is 2.37. The number of anilines is 1.